The molecule has 0 aromatic heterocycles. The van der Waals surface area contributed by atoms with Gasteiger partial charge < -0.3 is 5.73 Å². The lowest BCUT2D eigenvalue weighted by atomic mass is 9.89. The molecule has 1 aromatic carbocycles. The molecule has 1 aliphatic rings. The van der Waals surface area contributed by atoms with Crippen molar-refractivity contribution < 1.29 is 13.5 Å². The van der Waals surface area contributed by atoms with E-state index in [2.05, 4.69) is 4.99 Å². The molecule has 2 N–H and O–H groups in total. The van der Waals surface area contributed by atoms with Crippen molar-refractivity contribution in [2.75, 3.05) is 5.75 Å². The largest absolute Gasteiger partial charge is 0.386 e. The van der Waals surface area contributed by atoms with Crippen molar-refractivity contribution in [1.29, 1.82) is 0 Å². The summed E-state index contributed by atoms with van der Waals surface area (Å²) in [7, 11) is -1.25. The van der Waals surface area contributed by atoms with Crippen molar-refractivity contribution in [2.45, 2.75) is 37.5 Å². The monoisotopic (exact) mass is 327 g/mol. The standard InChI is InChI=1S/C14H18FN3O3S/c1-13(2)12(16)17-14(3,6-7-22(13)21)10-8-9(18(19)20)4-5-11(10)15/h4-5,8H,6-7H2,1-3H3,(H2,16,17)/t14-,22?/m0/s1. The summed E-state index contributed by atoms with van der Waals surface area (Å²) in [5.41, 5.74) is 4.77. The minimum atomic E-state index is -1.25. The maximum atomic E-state index is 14.2. The van der Waals surface area contributed by atoms with E-state index in [1.165, 1.54) is 6.07 Å². The Morgan fingerprint density at radius 2 is 2.05 bits per heavy atom. The Morgan fingerprint density at radius 3 is 2.64 bits per heavy atom. The molecule has 6 nitrogen and oxygen atoms in total. The minimum absolute atomic E-state index is 0.0966. The number of nitrogens with zero attached hydrogens (tertiary/aromatic N) is 2. The van der Waals surface area contributed by atoms with Crippen LogP contribution in [-0.4, -0.2) is 25.5 Å². The molecule has 0 aliphatic carbocycles. The lowest BCUT2D eigenvalue weighted by Crippen LogP contribution is -2.42. The van der Waals surface area contributed by atoms with Crippen molar-refractivity contribution in [3.8, 4) is 0 Å². The number of hydrogen-bond donors (Lipinski definition) is 1. The topological polar surface area (TPSA) is 98.6 Å². The lowest BCUT2D eigenvalue weighted by molar-refractivity contribution is -0.385. The molecular formula is C14H18FN3O3S. The summed E-state index contributed by atoms with van der Waals surface area (Å²) in [6, 6.07) is 3.33. The van der Waals surface area contributed by atoms with E-state index in [1.54, 1.807) is 20.8 Å². The molecule has 1 aliphatic heterocycles. The number of hydrogen-bond acceptors (Lipinski definition) is 5. The first-order valence-electron chi connectivity index (χ1n) is 6.76. The molecule has 120 valence electrons. The molecule has 22 heavy (non-hydrogen) atoms. The van der Waals surface area contributed by atoms with Crippen LogP contribution in [0.1, 0.15) is 32.8 Å². The number of nitro groups is 1. The highest BCUT2D eigenvalue weighted by molar-refractivity contribution is 7.87. The van der Waals surface area contributed by atoms with Gasteiger partial charge in [-0.3, -0.25) is 19.3 Å². The van der Waals surface area contributed by atoms with Gasteiger partial charge in [0.05, 0.1) is 15.2 Å². The highest BCUT2D eigenvalue weighted by atomic mass is 32.2. The second kappa shape index (κ2) is 5.42. The number of benzene rings is 1. The van der Waals surface area contributed by atoms with E-state index >= 15 is 0 Å². The van der Waals surface area contributed by atoms with Gasteiger partial charge in [-0.1, -0.05) is 0 Å². The normalized spacial score (nSPS) is 27.8. The number of nitro benzene ring substituents is 1. The van der Waals surface area contributed by atoms with E-state index in [4.69, 9.17) is 5.73 Å². The van der Waals surface area contributed by atoms with Crippen LogP contribution in [0.2, 0.25) is 0 Å². The van der Waals surface area contributed by atoms with Gasteiger partial charge in [0.2, 0.25) is 0 Å². The number of non-ortho nitro benzene ring substituents is 1. The Hall–Kier alpha value is -1.83. The van der Waals surface area contributed by atoms with Crippen LogP contribution in [0.3, 0.4) is 0 Å². The Labute approximate surface area is 130 Å². The maximum absolute atomic E-state index is 14.2. The molecule has 0 spiro atoms. The highest BCUT2D eigenvalue weighted by Gasteiger charge is 2.40. The van der Waals surface area contributed by atoms with E-state index in [-0.39, 0.29) is 22.8 Å². The van der Waals surface area contributed by atoms with E-state index in [0.29, 0.717) is 6.42 Å². The molecule has 2 rings (SSSR count). The van der Waals surface area contributed by atoms with E-state index in [1.807, 2.05) is 0 Å². The summed E-state index contributed by atoms with van der Waals surface area (Å²) in [6.07, 6.45) is 0.293. The predicted molar refractivity (Wildman–Crippen MR) is 83.7 cm³/mol. The fourth-order valence-electron chi connectivity index (χ4n) is 2.35. The second-order valence-electron chi connectivity index (χ2n) is 6.00. The van der Waals surface area contributed by atoms with Crippen molar-refractivity contribution in [2.24, 2.45) is 10.7 Å². The average Bonchev–Trinajstić information content (AvgIpc) is 2.50. The van der Waals surface area contributed by atoms with Crippen LogP contribution in [-0.2, 0) is 16.3 Å². The third-order valence-corrected chi connectivity index (χ3v) is 5.99. The Morgan fingerprint density at radius 1 is 1.41 bits per heavy atom. The lowest BCUT2D eigenvalue weighted by Gasteiger charge is -2.25. The fourth-order valence-corrected chi connectivity index (χ4v) is 3.73. The zero-order chi connectivity index (χ0) is 16.7. The van der Waals surface area contributed by atoms with E-state index in [9.17, 15) is 18.7 Å². The van der Waals surface area contributed by atoms with E-state index < -0.39 is 31.8 Å². The van der Waals surface area contributed by atoms with Gasteiger partial charge in [-0.25, -0.2) is 4.39 Å². The quantitative estimate of drug-likeness (QED) is 0.665. The molecule has 0 amide bonds. The second-order valence-corrected chi connectivity index (χ2v) is 8.12. The van der Waals surface area contributed by atoms with Crippen LogP contribution >= 0.6 is 0 Å². The number of rotatable bonds is 2. The molecular weight excluding hydrogens is 309 g/mol. The van der Waals surface area contributed by atoms with Crippen LogP contribution in [0.5, 0.6) is 0 Å². The van der Waals surface area contributed by atoms with Gasteiger partial charge in [-0.05, 0) is 33.3 Å². The number of amidine groups is 1. The summed E-state index contributed by atoms with van der Waals surface area (Å²) >= 11 is 0. The van der Waals surface area contributed by atoms with Crippen LogP contribution < -0.4 is 5.73 Å². The zero-order valence-corrected chi connectivity index (χ0v) is 13.4. The maximum Gasteiger partial charge on any atom is 0.270 e. The Bertz CT molecular complexity index is 690. The molecule has 0 radical (unpaired) electrons. The molecule has 1 heterocycles. The Balaban J connectivity index is 2.60. The predicted octanol–water partition coefficient (Wildman–Crippen LogP) is 2.24. The molecule has 0 fully saturated rings. The number of aliphatic imine (C=N–C) groups is 1. The third-order valence-electron chi connectivity index (χ3n) is 4.07. The molecule has 0 saturated carbocycles. The first kappa shape index (κ1) is 16.5. The molecule has 1 aromatic rings. The first-order valence-corrected chi connectivity index (χ1v) is 8.08. The van der Waals surface area contributed by atoms with Crippen molar-refractivity contribution in [3.05, 3.63) is 39.7 Å². The summed E-state index contributed by atoms with van der Waals surface area (Å²) in [6.45, 7) is 5.09. The minimum Gasteiger partial charge on any atom is -0.386 e. The zero-order valence-electron chi connectivity index (χ0n) is 12.6. The van der Waals surface area contributed by atoms with Crippen molar-refractivity contribution in [3.63, 3.8) is 0 Å². The van der Waals surface area contributed by atoms with Gasteiger partial charge in [0.25, 0.3) is 5.69 Å². The smallest absolute Gasteiger partial charge is 0.270 e. The van der Waals surface area contributed by atoms with Crippen LogP contribution in [0.4, 0.5) is 10.1 Å². The van der Waals surface area contributed by atoms with Gasteiger partial charge in [0, 0.05) is 34.2 Å². The van der Waals surface area contributed by atoms with Gasteiger partial charge in [0.15, 0.2) is 0 Å². The summed E-state index contributed by atoms with van der Waals surface area (Å²) in [4.78, 5) is 14.7. The molecule has 1 unspecified atom stereocenters. The average molecular weight is 327 g/mol. The summed E-state index contributed by atoms with van der Waals surface area (Å²) in [5, 5.41) is 10.9. The Kier molecular flexibility index (Phi) is 4.08. The van der Waals surface area contributed by atoms with Crippen LogP contribution in [0, 0.1) is 15.9 Å². The van der Waals surface area contributed by atoms with Crippen LogP contribution in [0.25, 0.3) is 0 Å². The molecule has 0 saturated heterocycles. The molecule has 0 bridgehead atoms. The third kappa shape index (κ3) is 2.75. The highest BCUT2D eigenvalue weighted by Crippen LogP contribution is 2.37. The van der Waals surface area contributed by atoms with Gasteiger partial charge >= 0.3 is 0 Å². The van der Waals surface area contributed by atoms with Gasteiger partial charge in [-0.15, -0.1) is 0 Å². The van der Waals surface area contributed by atoms with Crippen molar-refractivity contribution >= 4 is 22.3 Å². The number of halogens is 1. The molecule has 8 heteroatoms. The fraction of sp³-hybridized carbons (Fsp3) is 0.500. The van der Waals surface area contributed by atoms with Crippen LogP contribution in [0.15, 0.2) is 23.2 Å². The first-order chi connectivity index (χ1) is 10.1. The van der Waals surface area contributed by atoms with Gasteiger partial charge in [-0.2, -0.15) is 0 Å². The summed E-state index contributed by atoms with van der Waals surface area (Å²) < 4.78 is 25.7. The van der Waals surface area contributed by atoms with E-state index in [0.717, 1.165) is 12.1 Å². The van der Waals surface area contributed by atoms with Gasteiger partial charge in [0.1, 0.15) is 11.7 Å². The molecule has 2 atom stereocenters. The number of nitrogens with two attached hydrogens (primary N) is 1. The SMILES string of the molecule is CC1(C)C(N)=N[C@](C)(c2cc([N+](=O)[O-])ccc2F)CCS1=O. The van der Waals surface area contributed by atoms with Crippen molar-refractivity contribution in [1.82, 2.24) is 0 Å². The summed E-state index contributed by atoms with van der Waals surface area (Å²) in [5.74, 6) is -0.137.